The summed E-state index contributed by atoms with van der Waals surface area (Å²) < 4.78 is 0. The summed E-state index contributed by atoms with van der Waals surface area (Å²) in [5, 5.41) is 2.86. The molecule has 72 valence electrons. The number of urea groups is 1. The average Bonchev–Trinajstić information content (AvgIpc) is 2.10. The van der Waals surface area contributed by atoms with Crippen LogP contribution in [0.25, 0.3) is 0 Å². The topological polar surface area (TPSA) is 32.3 Å². The number of carbonyl (C=O) groups is 1. The van der Waals surface area contributed by atoms with Crippen LogP contribution in [-0.2, 0) is 0 Å². The molecule has 1 N–H and O–H groups in total. The van der Waals surface area contributed by atoms with Gasteiger partial charge in [0.2, 0.25) is 0 Å². The quantitative estimate of drug-likeness (QED) is 0.674. The van der Waals surface area contributed by atoms with Crippen LogP contribution >= 0.6 is 0 Å². The zero-order valence-electron chi connectivity index (χ0n) is 8.39. The SMILES string of the molecule is CCCNC(=O)N(CC)CCC. The van der Waals surface area contributed by atoms with Crippen LogP contribution in [0.15, 0.2) is 0 Å². The molecule has 0 saturated heterocycles. The third-order valence-electron chi connectivity index (χ3n) is 1.69. The van der Waals surface area contributed by atoms with Crippen LogP contribution in [0.5, 0.6) is 0 Å². The van der Waals surface area contributed by atoms with Crippen molar-refractivity contribution in [2.45, 2.75) is 33.6 Å². The Morgan fingerprint density at radius 2 is 1.92 bits per heavy atom. The van der Waals surface area contributed by atoms with Gasteiger partial charge in [-0.25, -0.2) is 4.79 Å². The van der Waals surface area contributed by atoms with Crippen molar-refractivity contribution >= 4 is 6.03 Å². The smallest absolute Gasteiger partial charge is 0.317 e. The molecule has 0 unspecified atom stereocenters. The first kappa shape index (κ1) is 11.3. The number of rotatable bonds is 5. The lowest BCUT2D eigenvalue weighted by atomic mass is 10.4. The van der Waals surface area contributed by atoms with E-state index < -0.39 is 0 Å². The maximum atomic E-state index is 11.3. The Morgan fingerprint density at radius 3 is 2.33 bits per heavy atom. The summed E-state index contributed by atoms with van der Waals surface area (Å²) in [6, 6.07) is 0.0706. The van der Waals surface area contributed by atoms with E-state index in [1.807, 2.05) is 11.8 Å². The highest BCUT2D eigenvalue weighted by Gasteiger charge is 2.07. The van der Waals surface area contributed by atoms with E-state index in [9.17, 15) is 4.79 Å². The maximum Gasteiger partial charge on any atom is 0.317 e. The van der Waals surface area contributed by atoms with Gasteiger partial charge in [-0.3, -0.25) is 0 Å². The minimum Gasteiger partial charge on any atom is -0.338 e. The highest BCUT2D eigenvalue weighted by molar-refractivity contribution is 5.73. The van der Waals surface area contributed by atoms with Gasteiger partial charge in [0.15, 0.2) is 0 Å². The molecule has 0 aliphatic heterocycles. The molecule has 0 bridgehead atoms. The van der Waals surface area contributed by atoms with Gasteiger partial charge in [0.25, 0.3) is 0 Å². The summed E-state index contributed by atoms with van der Waals surface area (Å²) in [7, 11) is 0. The molecule has 3 heteroatoms. The van der Waals surface area contributed by atoms with Crippen molar-refractivity contribution < 1.29 is 4.79 Å². The molecule has 0 aromatic rings. The fraction of sp³-hybridized carbons (Fsp3) is 0.889. The van der Waals surface area contributed by atoms with Gasteiger partial charge in [-0.15, -0.1) is 0 Å². The second-order valence-corrected chi connectivity index (χ2v) is 2.81. The molecule has 0 aliphatic rings. The molecular formula is C9H20N2O. The van der Waals surface area contributed by atoms with E-state index in [1.54, 1.807) is 0 Å². The second-order valence-electron chi connectivity index (χ2n) is 2.81. The van der Waals surface area contributed by atoms with Crippen LogP contribution in [0.4, 0.5) is 4.79 Å². The van der Waals surface area contributed by atoms with Crippen molar-refractivity contribution in [3.05, 3.63) is 0 Å². The highest BCUT2D eigenvalue weighted by Crippen LogP contribution is 1.91. The Hall–Kier alpha value is -0.730. The van der Waals surface area contributed by atoms with Crippen LogP contribution in [0.3, 0.4) is 0 Å². The van der Waals surface area contributed by atoms with Gasteiger partial charge in [-0.2, -0.15) is 0 Å². The summed E-state index contributed by atoms with van der Waals surface area (Å²) in [5.74, 6) is 0. The first-order valence-corrected chi connectivity index (χ1v) is 4.79. The van der Waals surface area contributed by atoms with E-state index in [1.165, 1.54) is 0 Å². The molecule has 12 heavy (non-hydrogen) atoms. The fourth-order valence-electron chi connectivity index (χ4n) is 1.02. The lowest BCUT2D eigenvalue weighted by Crippen LogP contribution is -2.40. The first-order chi connectivity index (χ1) is 5.76. The van der Waals surface area contributed by atoms with E-state index in [0.717, 1.165) is 32.5 Å². The molecule has 0 rings (SSSR count). The predicted molar refractivity (Wildman–Crippen MR) is 51.2 cm³/mol. The van der Waals surface area contributed by atoms with Gasteiger partial charge < -0.3 is 10.2 Å². The van der Waals surface area contributed by atoms with E-state index in [2.05, 4.69) is 19.2 Å². The Balaban J connectivity index is 3.69. The molecule has 0 saturated carbocycles. The Bertz CT molecular complexity index is 126. The van der Waals surface area contributed by atoms with Crippen molar-refractivity contribution in [1.82, 2.24) is 10.2 Å². The average molecular weight is 172 g/mol. The minimum atomic E-state index is 0.0706. The number of nitrogens with zero attached hydrogens (tertiary/aromatic N) is 1. The number of hydrogen-bond donors (Lipinski definition) is 1. The summed E-state index contributed by atoms with van der Waals surface area (Å²) >= 11 is 0. The Labute approximate surface area is 75.1 Å². The van der Waals surface area contributed by atoms with Crippen molar-refractivity contribution in [3.8, 4) is 0 Å². The molecule has 0 fully saturated rings. The van der Waals surface area contributed by atoms with Crippen molar-refractivity contribution in [2.24, 2.45) is 0 Å². The molecule has 0 radical (unpaired) electrons. The van der Waals surface area contributed by atoms with Crippen molar-refractivity contribution in [1.29, 1.82) is 0 Å². The van der Waals surface area contributed by atoms with E-state index in [-0.39, 0.29) is 6.03 Å². The van der Waals surface area contributed by atoms with Crippen LogP contribution in [0.2, 0.25) is 0 Å². The molecule has 0 aromatic carbocycles. The van der Waals surface area contributed by atoms with Gasteiger partial charge in [0.05, 0.1) is 0 Å². The first-order valence-electron chi connectivity index (χ1n) is 4.79. The molecule has 0 spiro atoms. The summed E-state index contributed by atoms with van der Waals surface area (Å²) in [6.07, 6.45) is 2.02. The maximum absolute atomic E-state index is 11.3. The van der Waals surface area contributed by atoms with Gasteiger partial charge >= 0.3 is 6.03 Å². The van der Waals surface area contributed by atoms with E-state index in [4.69, 9.17) is 0 Å². The van der Waals surface area contributed by atoms with Gasteiger partial charge in [-0.05, 0) is 19.8 Å². The Morgan fingerprint density at radius 1 is 1.25 bits per heavy atom. The molecule has 0 atom stereocenters. The zero-order valence-corrected chi connectivity index (χ0v) is 8.39. The molecule has 2 amide bonds. The van der Waals surface area contributed by atoms with Crippen molar-refractivity contribution in [3.63, 3.8) is 0 Å². The van der Waals surface area contributed by atoms with Crippen LogP contribution in [0.1, 0.15) is 33.6 Å². The van der Waals surface area contributed by atoms with E-state index in [0.29, 0.717) is 0 Å². The normalized spacial score (nSPS) is 9.58. The number of nitrogens with one attached hydrogen (secondary N) is 1. The largest absolute Gasteiger partial charge is 0.338 e. The highest BCUT2D eigenvalue weighted by atomic mass is 16.2. The minimum absolute atomic E-state index is 0.0706. The van der Waals surface area contributed by atoms with Gasteiger partial charge in [-0.1, -0.05) is 13.8 Å². The fourth-order valence-corrected chi connectivity index (χ4v) is 1.02. The lowest BCUT2D eigenvalue weighted by molar-refractivity contribution is 0.200. The predicted octanol–water partition coefficient (Wildman–Crippen LogP) is 1.84. The second kappa shape index (κ2) is 6.95. The van der Waals surface area contributed by atoms with Crippen LogP contribution < -0.4 is 5.32 Å². The molecule has 0 aromatic heterocycles. The third kappa shape index (κ3) is 4.21. The lowest BCUT2D eigenvalue weighted by Gasteiger charge is -2.20. The van der Waals surface area contributed by atoms with Crippen LogP contribution in [-0.4, -0.2) is 30.6 Å². The van der Waals surface area contributed by atoms with Crippen molar-refractivity contribution in [2.75, 3.05) is 19.6 Å². The zero-order chi connectivity index (χ0) is 9.40. The number of amides is 2. The van der Waals surface area contributed by atoms with Gasteiger partial charge in [0.1, 0.15) is 0 Å². The third-order valence-corrected chi connectivity index (χ3v) is 1.69. The number of carbonyl (C=O) groups excluding carboxylic acids is 1. The van der Waals surface area contributed by atoms with Gasteiger partial charge in [0, 0.05) is 19.6 Å². The standard InChI is InChI=1S/C9H20N2O/c1-4-7-10-9(12)11(6-3)8-5-2/h4-8H2,1-3H3,(H,10,12). The molecule has 3 nitrogen and oxygen atoms in total. The Kier molecular flexibility index (Phi) is 6.53. The summed E-state index contributed by atoms with van der Waals surface area (Å²) in [5.41, 5.74) is 0. The molecule has 0 heterocycles. The van der Waals surface area contributed by atoms with E-state index >= 15 is 0 Å². The summed E-state index contributed by atoms with van der Waals surface area (Å²) in [6.45, 7) is 8.56. The monoisotopic (exact) mass is 172 g/mol. The molecule has 0 aliphatic carbocycles. The summed E-state index contributed by atoms with van der Waals surface area (Å²) in [4.78, 5) is 13.2. The number of hydrogen-bond acceptors (Lipinski definition) is 1. The molecular weight excluding hydrogens is 152 g/mol. The van der Waals surface area contributed by atoms with Crippen LogP contribution in [0, 0.1) is 0 Å².